The number of allylic oxidation sites excluding steroid dienone is 4. The molecule has 0 heterocycles. The molecule has 0 spiro atoms. The average molecular weight is 473 g/mol. The van der Waals surface area contributed by atoms with Crippen LogP contribution in [-0.2, 0) is 9.59 Å². The summed E-state index contributed by atoms with van der Waals surface area (Å²) in [7, 11) is 0. The van der Waals surface area contributed by atoms with E-state index < -0.39 is 16.2 Å². The van der Waals surface area contributed by atoms with Crippen molar-refractivity contribution in [3.63, 3.8) is 0 Å². The maximum Gasteiger partial charge on any atom is 0.178 e. The zero-order valence-electron chi connectivity index (χ0n) is 22.5. The Morgan fingerprint density at radius 3 is 2.20 bits per heavy atom. The Labute approximate surface area is 210 Å². The highest BCUT2D eigenvalue weighted by Gasteiger charge is 2.69. The van der Waals surface area contributed by atoms with Crippen LogP contribution in [0.15, 0.2) is 23.3 Å². The van der Waals surface area contributed by atoms with E-state index in [0.29, 0.717) is 0 Å². The van der Waals surface area contributed by atoms with Crippen molar-refractivity contribution < 1.29 is 9.59 Å². The molecule has 5 aliphatic rings. The molecule has 3 unspecified atom stereocenters. The number of ketones is 2. The minimum absolute atomic E-state index is 0.0577. The summed E-state index contributed by atoms with van der Waals surface area (Å²) in [5.41, 5.74) is -0.512. The van der Waals surface area contributed by atoms with Crippen LogP contribution in [0, 0.1) is 72.9 Å². The van der Waals surface area contributed by atoms with E-state index in [2.05, 4.69) is 46.8 Å². The number of Topliss-reactive ketones (excluding diaryl/α,β-unsaturated/α-hetero) is 1. The van der Waals surface area contributed by atoms with Gasteiger partial charge in [-0.05, 0) is 79.1 Å². The molecule has 35 heavy (non-hydrogen) atoms. The molecule has 0 N–H and O–H groups in total. The first kappa shape index (κ1) is 24.5. The average Bonchev–Trinajstić information content (AvgIpc) is 2.77. The van der Waals surface area contributed by atoms with Crippen LogP contribution < -0.4 is 0 Å². The van der Waals surface area contributed by atoms with Crippen molar-refractivity contribution in [2.75, 3.05) is 0 Å². The van der Waals surface area contributed by atoms with Crippen molar-refractivity contribution in [1.82, 2.24) is 0 Å². The van der Waals surface area contributed by atoms with Crippen LogP contribution in [0.5, 0.6) is 0 Å². The van der Waals surface area contributed by atoms with E-state index in [0.717, 1.165) is 50.5 Å². The fourth-order valence-corrected chi connectivity index (χ4v) is 9.83. The number of rotatable bonds is 0. The van der Waals surface area contributed by atoms with E-state index in [1.165, 1.54) is 0 Å². The molecule has 3 saturated carbocycles. The van der Waals surface area contributed by atoms with Crippen molar-refractivity contribution in [1.29, 1.82) is 10.5 Å². The van der Waals surface area contributed by atoms with E-state index in [1.807, 2.05) is 26.0 Å². The van der Waals surface area contributed by atoms with Crippen LogP contribution in [0.3, 0.4) is 0 Å². The van der Waals surface area contributed by atoms with Gasteiger partial charge in [-0.2, -0.15) is 10.5 Å². The van der Waals surface area contributed by atoms with E-state index in [9.17, 15) is 20.1 Å². The lowest BCUT2D eigenvalue weighted by atomic mass is 9.34. The topological polar surface area (TPSA) is 81.7 Å². The maximum absolute atomic E-state index is 14.2. The smallest absolute Gasteiger partial charge is 0.178 e. The lowest BCUT2D eigenvalue weighted by molar-refractivity contribution is -0.162. The van der Waals surface area contributed by atoms with Crippen molar-refractivity contribution in [3.05, 3.63) is 23.3 Å². The van der Waals surface area contributed by atoms with Gasteiger partial charge >= 0.3 is 0 Å². The highest BCUT2D eigenvalue weighted by molar-refractivity contribution is 6.04. The summed E-state index contributed by atoms with van der Waals surface area (Å²) in [4.78, 5) is 27.4. The molecule has 0 radical (unpaired) electrons. The van der Waals surface area contributed by atoms with Gasteiger partial charge in [0.2, 0.25) is 0 Å². The van der Waals surface area contributed by atoms with Gasteiger partial charge in [0.05, 0.1) is 17.1 Å². The predicted octanol–water partition coefficient (Wildman–Crippen LogP) is 6.73. The Bertz CT molecular complexity index is 1180. The van der Waals surface area contributed by atoms with Gasteiger partial charge in [0, 0.05) is 16.7 Å². The molecule has 4 heteroatoms. The van der Waals surface area contributed by atoms with Crippen molar-refractivity contribution >= 4 is 11.6 Å². The number of carbonyl (C=O) groups is 2. The van der Waals surface area contributed by atoms with E-state index in [-0.39, 0.29) is 51.1 Å². The third-order valence-electron chi connectivity index (χ3n) is 12.1. The molecule has 5 aliphatic carbocycles. The molecule has 0 bridgehead atoms. The van der Waals surface area contributed by atoms with Crippen LogP contribution in [-0.4, -0.2) is 11.6 Å². The van der Waals surface area contributed by atoms with Crippen molar-refractivity contribution in [2.24, 2.45) is 50.2 Å². The van der Waals surface area contributed by atoms with E-state index >= 15 is 0 Å². The van der Waals surface area contributed by atoms with Gasteiger partial charge in [-0.25, -0.2) is 0 Å². The molecule has 0 aromatic rings. The Balaban J connectivity index is 1.70. The third-order valence-corrected chi connectivity index (χ3v) is 12.1. The second-order valence-electron chi connectivity index (χ2n) is 14.5. The molecule has 0 saturated heterocycles. The molecular weight excluding hydrogens is 432 g/mol. The Kier molecular flexibility index (Phi) is 4.88. The predicted molar refractivity (Wildman–Crippen MR) is 135 cm³/mol. The Morgan fingerprint density at radius 1 is 0.914 bits per heavy atom. The largest absolute Gasteiger partial charge is 0.295 e. The number of fused-ring (bicyclic) bond motifs is 7. The number of hydrogen-bond acceptors (Lipinski definition) is 4. The number of carbonyl (C=O) groups excluding carboxylic acids is 2. The number of nitrogens with zero attached hydrogens (tertiary/aromatic N) is 2. The summed E-state index contributed by atoms with van der Waals surface area (Å²) in [5.74, 6) is 0.0887. The fourth-order valence-electron chi connectivity index (χ4n) is 9.83. The fraction of sp³-hybridized carbons (Fsp3) is 0.742. The highest BCUT2D eigenvalue weighted by atomic mass is 16.1. The molecule has 7 atom stereocenters. The molecule has 5 rings (SSSR count). The normalized spacial score (nSPS) is 47.5. The van der Waals surface area contributed by atoms with Gasteiger partial charge in [-0.15, -0.1) is 0 Å². The first-order valence-corrected chi connectivity index (χ1v) is 13.5. The molecule has 0 amide bonds. The summed E-state index contributed by atoms with van der Waals surface area (Å²) in [5, 5.41) is 20.2. The second kappa shape index (κ2) is 6.97. The SMILES string of the molecule is CC1(C)CC[C@]2(C#N)CC[C@]3(C)C(C(=O)C=C4[C@@]5(C)C=C(C#N)C(=O)C(C)(C)C5CC[C@]43C)C2C1. The van der Waals surface area contributed by atoms with Gasteiger partial charge in [-0.1, -0.05) is 60.1 Å². The molecule has 3 fully saturated rings. The first-order valence-electron chi connectivity index (χ1n) is 13.5. The van der Waals surface area contributed by atoms with Gasteiger partial charge < -0.3 is 0 Å². The van der Waals surface area contributed by atoms with Gasteiger partial charge in [0.25, 0.3) is 0 Å². The molecule has 186 valence electrons. The van der Waals surface area contributed by atoms with Crippen LogP contribution in [0.25, 0.3) is 0 Å². The third kappa shape index (κ3) is 2.84. The lowest BCUT2D eigenvalue weighted by Gasteiger charge is -2.68. The first-order chi connectivity index (χ1) is 16.1. The van der Waals surface area contributed by atoms with Gasteiger partial charge in [-0.3, -0.25) is 9.59 Å². The summed E-state index contributed by atoms with van der Waals surface area (Å²) >= 11 is 0. The van der Waals surface area contributed by atoms with Crippen LogP contribution in [0.4, 0.5) is 0 Å². The zero-order chi connectivity index (χ0) is 25.8. The number of hydrogen-bond donors (Lipinski definition) is 0. The molecule has 0 aromatic heterocycles. The molecular formula is C31H40N2O2. The minimum atomic E-state index is -0.645. The number of nitriles is 2. The summed E-state index contributed by atoms with van der Waals surface area (Å²) in [6.45, 7) is 15.4. The Morgan fingerprint density at radius 2 is 1.57 bits per heavy atom. The van der Waals surface area contributed by atoms with Crippen LogP contribution in [0.2, 0.25) is 0 Å². The van der Waals surface area contributed by atoms with E-state index in [1.54, 1.807) is 0 Å². The van der Waals surface area contributed by atoms with Gasteiger partial charge in [0.1, 0.15) is 6.07 Å². The summed E-state index contributed by atoms with van der Waals surface area (Å²) in [6.07, 6.45) is 10.2. The molecule has 0 aromatic carbocycles. The monoisotopic (exact) mass is 472 g/mol. The quantitative estimate of drug-likeness (QED) is 0.391. The van der Waals surface area contributed by atoms with Crippen LogP contribution in [0.1, 0.15) is 93.4 Å². The minimum Gasteiger partial charge on any atom is -0.295 e. The van der Waals surface area contributed by atoms with Crippen molar-refractivity contribution in [3.8, 4) is 12.1 Å². The van der Waals surface area contributed by atoms with Crippen LogP contribution >= 0.6 is 0 Å². The van der Waals surface area contributed by atoms with Gasteiger partial charge in [0.15, 0.2) is 11.6 Å². The zero-order valence-corrected chi connectivity index (χ0v) is 22.5. The molecule has 0 aliphatic heterocycles. The molecule has 4 nitrogen and oxygen atoms in total. The summed E-state index contributed by atoms with van der Waals surface area (Å²) in [6, 6.07) is 4.91. The lowest BCUT2D eigenvalue weighted by Crippen LogP contribution is -2.64. The summed E-state index contributed by atoms with van der Waals surface area (Å²) < 4.78 is 0. The maximum atomic E-state index is 14.2. The standard InChI is InChI=1S/C31H40N2O2/c1-26(2)10-12-31(18-33)13-11-30(7)24(20(31)16-26)21(34)14-23-28(5)15-19(17-32)25(35)27(3,4)22(28)8-9-29(23,30)6/h14-15,20,22,24H,8-13,16H2,1-7H3/t20?,22?,24?,28-,29+,30+,31+/m0/s1. The highest BCUT2D eigenvalue weighted by Crippen LogP contribution is 2.74. The Hall–Kier alpha value is -2.20. The second-order valence-corrected chi connectivity index (χ2v) is 14.5. The van der Waals surface area contributed by atoms with E-state index in [4.69, 9.17) is 0 Å². The van der Waals surface area contributed by atoms with Crippen molar-refractivity contribution in [2.45, 2.75) is 93.4 Å².